The Bertz CT molecular complexity index is 834. The Morgan fingerprint density at radius 1 is 0.938 bits per heavy atom. The summed E-state index contributed by atoms with van der Waals surface area (Å²) in [5.74, 6) is 0. The molecule has 0 spiro atoms. The van der Waals surface area contributed by atoms with Crippen LogP contribution in [0.15, 0.2) is 72.8 Å². The summed E-state index contributed by atoms with van der Waals surface area (Å²) in [5.41, 5.74) is -1.10. The zero-order chi connectivity index (χ0) is 23.4. The van der Waals surface area contributed by atoms with Gasteiger partial charge in [-0.15, -0.1) is 0 Å². The summed E-state index contributed by atoms with van der Waals surface area (Å²) in [5, 5.41) is 13.4. The third-order valence-corrected chi connectivity index (χ3v) is 11.5. The fourth-order valence-electron chi connectivity index (χ4n) is 4.85. The van der Waals surface area contributed by atoms with Gasteiger partial charge in [0.1, 0.15) is 5.60 Å². The molecule has 1 aliphatic rings. The van der Waals surface area contributed by atoms with Gasteiger partial charge in [-0.05, 0) is 29.3 Å². The van der Waals surface area contributed by atoms with E-state index in [9.17, 15) is 5.11 Å². The van der Waals surface area contributed by atoms with Crippen LogP contribution in [0, 0.1) is 0 Å². The third kappa shape index (κ3) is 5.08. The van der Waals surface area contributed by atoms with Gasteiger partial charge in [-0.25, -0.2) is 0 Å². The molecule has 4 nitrogen and oxygen atoms in total. The molecule has 174 valence electrons. The van der Waals surface area contributed by atoms with Crippen molar-refractivity contribution in [1.29, 1.82) is 0 Å². The molecule has 0 radical (unpaired) electrons. The maximum absolute atomic E-state index is 11.1. The van der Waals surface area contributed by atoms with Crippen molar-refractivity contribution in [2.45, 2.75) is 76.6 Å². The van der Waals surface area contributed by atoms with Crippen LogP contribution in [-0.4, -0.2) is 44.6 Å². The Balaban J connectivity index is 2.08. The molecule has 1 fully saturated rings. The molecule has 0 unspecified atom stereocenters. The van der Waals surface area contributed by atoms with Gasteiger partial charge in [0.15, 0.2) is 6.29 Å². The number of ether oxygens (including phenoxy) is 2. The minimum atomic E-state index is -2.70. The van der Waals surface area contributed by atoms with Crippen LogP contribution in [0.5, 0.6) is 0 Å². The van der Waals surface area contributed by atoms with Gasteiger partial charge >= 0.3 is 0 Å². The summed E-state index contributed by atoms with van der Waals surface area (Å²) in [6.45, 7) is 10.5. The Labute approximate surface area is 194 Å². The quantitative estimate of drug-likeness (QED) is 0.497. The summed E-state index contributed by atoms with van der Waals surface area (Å²) < 4.78 is 19.0. The lowest BCUT2D eigenvalue weighted by Gasteiger charge is -2.48. The van der Waals surface area contributed by atoms with Crippen LogP contribution in [0.4, 0.5) is 0 Å². The van der Waals surface area contributed by atoms with Gasteiger partial charge in [-0.1, -0.05) is 93.6 Å². The zero-order valence-corrected chi connectivity index (χ0v) is 21.2. The molecule has 1 aliphatic heterocycles. The molecule has 1 N–H and O–H groups in total. The van der Waals surface area contributed by atoms with Crippen LogP contribution < -0.4 is 10.4 Å². The Hall–Kier alpha value is -1.76. The molecular formula is C27H38O4Si. The van der Waals surface area contributed by atoms with E-state index in [4.69, 9.17) is 13.9 Å². The van der Waals surface area contributed by atoms with Gasteiger partial charge in [-0.3, -0.25) is 0 Å². The average Bonchev–Trinajstić information content (AvgIpc) is 2.77. The van der Waals surface area contributed by atoms with E-state index in [1.165, 1.54) is 10.4 Å². The normalized spacial score (nSPS) is 24.4. The summed E-state index contributed by atoms with van der Waals surface area (Å²) in [6.07, 6.45) is 3.93. The fourth-order valence-corrected chi connectivity index (χ4v) is 9.56. The largest absolute Gasteiger partial charge is 0.404 e. The number of rotatable bonds is 7. The molecule has 5 heteroatoms. The van der Waals surface area contributed by atoms with Crippen LogP contribution in [0.3, 0.4) is 0 Å². The SMILES string of the molecule is C/C=C\[C@@](C)(O)[C@@H]1C[C@H](O[Si](c2ccccc2)(c2ccccc2)C(C)(C)C)C[C@@H](OC)O1. The van der Waals surface area contributed by atoms with Crippen LogP contribution in [0.25, 0.3) is 0 Å². The van der Waals surface area contributed by atoms with E-state index in [1.807, 2.05) is 13.0 Å². The molecule has 0 bridgehead atoms. The standard InChI is InChI=1S/C27H38O4Si/c1-7-18-27(5,28)24-19-21(20-25(29-6)30-24)31-32(26(2,3)4,22-14-10-8-11-15-22)23-16-12-9-13-17-23/h7-18,21,24-25,28H,19-20H2,1-6H3/b18-7-/t21-,24-,25-,27+/m0/s1. The highest BCUT2D eigenvalue weighted by atomic mass is 28.4. The highest BCUT2D eigenvalue weighted by molar-refractivity contribution is 6.99. The van der Waals surface area contributed by atoms with Gasteiger partial charge in [0.25, 0.3) is 8.32 Å². The molecule has 1 saturated heterocycles. The van der Waals surface area contributed by atoms with E-state index >= 15 is 0 Å². The van der Waals surface area contributed by atoms with Crippen molar-refractivity contribution in [1.82, 2.24) is 0 Å². The van der Waals surface area contributed by atoms with Gasteiger partial charge in [0.05, 0.1) is 12.2 Å². The average molecular weight is 455 g/mol. The number of allylic oxidation sites excluding steroid dienone is 1. The van der Waals surface area contributed by atoms with Crippen LogP contribution in [-0.2, 0) is 13.9 Å². The molecular weight excluding hydrogens is 416 g/mol. The molecule has 4 atom stereocenters. The lowest BCUT2D eigenvalue weighted by molar-refractivity contribution is -0.233. The third-order valence-electron chi connectivity index (χ3n) is 6.43. The summed E-state index contributed by atoms with van der Waals surface area (Å²) >= 11 is 0. The van der Waals surface area contributed by atoms with E-state index < -0.39 is 26.3 Å². The topological polar surface area (TPSA) is 47.9 Å². The van der Waals surface area contributed by atoms with E-state index in [2.05, 4.69) is 81.4 Å². The molecule has 0 aromatic heterocycles. The molecule has 2 aromatic rings. The summed E-state index contributed by atoms with van der Waals surface area (Å²) in [4.78, 5) is 0. The second-order valence-corrected chi connectivity index (χ2v) is 14.1. The molecule has 32 heavy (non-hydrogen) atoms. The lowest BCUT2D eigenvalue weighted by Crippen LogP contribution is -2.68. The van der Waals surface area contributed by atoms with Crippen molar-refractivity contribution >= 4 is 18.7 Å². The van der Waals surface area contributed by atoms with E-state index in [1.54, 1.807) is 20.1 Å². The lowest BCUT2D eigenvalue weighted by atomic mass is 9.91. The van der Waals surface area contributed by atoms with Crippen molar-refractivity contribution in [2.75, 3.05) is 7.11 Å². The van der Waals surface area contributed by atoms with Crippen molar-refractivity contribution in [2.24, 2.45) is 0 Å². The monoisotopic (exact) mass is 454 g/mol. The number of methoxy groups -OCH3 is 1. The van der Waals surface area contributed by atoms with Crippen molar-refractivity contribution < 1.29 is 19.0 Å². The van der Waals surface area contributed by atoms with E-state index in [-0.39, 0.29) is 11.1 Å². The first-order valence-electron chi connectivity index (χ1n) is 11.5. The fraction of sp³-hybridized carbons (Fsp3) is 0.481. The highest BCUT2D eigenvalue weighted by Gasteiger charge is 2.53. The van der Waals surface area contributed by atoms with E-state index in [0.717, 1.165) is 0 Å². The zero-order valence-electron chi connectivity index (χ0n) is 20.2. The molecule has 2 aromatic carbocycles. The summed E-state index contributed by atoms with van der Waals surface area (Å²) in [7, 11) is -1.05. The molecule has 0 amide bonds. The van der Waals surface area contributed by atoms with Crippen molar-refractivity contribution in [3.63, 3.8) is 0 Å². The van der Waals surface area contributed by atoms with Gasteiger partial charge < -0.3 is 19.0 Å². The highest BCUT2D eigenvalue weighted by Crippen LogP contribution is 2.40. The van der Waals surface area contributed by atoms with Crippen molar-refractivity contribution in [3.05, 3.63) is 72.8 Å². The second kappa shape index (κ2) is 10.0. The predicted molar refractivity (Wildman–Crippen MR) is 133 cm³/mol. The molecule has 3 rings (SSSR count). The Kier molecular flexibility index (Phi) is 7.79. The maximum Gasteiger partial charge on any atom is 0.261 e. The molecule has 1 heterocycles. The van der Waals surface area contributed by atoms with E-state index in [0.29, 0.717) is 12.8 Å². The minimum Gasteiger partial charge on any atom is -0.404 e. The molecule has 0 aliphatic carbocycles. The predicted octanol–water partition coefficient (Wildman–Crippen LogP) is 4.41. The number of hydrogen-bond acceptors (Lipinski definition) is 4. The number of hydrogen-bond donors (Lipinski definition) is 1. The first kappa shape index (κ1) is 24.9. The smallest absolute Gasteiger partial charge is 0.261 e. The van der Waals surface area contributed by atoms with Crippen LogP contribution in [0.2, 0.25) is 5.04 Å². The van der Waals surface area contributed by atoms with Gasteiger partial charge in [0.2, 0.25) is 0 Å². The molecule has 0 saturated carbocycles. The van der Waals surface area contributed by atoms with Gasteiger partial charge in [0, 0.05) is 20.0 Å². The second-order valence-electron chi connectivity index (χ2n) is 9.89. The Morgan fingerprint density at radius 3 is 1.91 bits per heavy atom. The van der Waals surface area contributed by atoms with Gasteiger partial charge in [-0.2, -0.15) is 0 Å². The minimum absolute atomic E-state index is 0.110. The number of aliphatic hydroxyl groups is 1. The summed E-state index contributed by atoms with van der Waals surface area (Å²) in [6, 6.07) is 21.3. The maximum atomic E-state index is 11.1. The number of benzene rings is 2. The first-order chi connectivity index (χ1) is 15.1. The first-order valence-corrected chi connectivity index (χ1v) is 13.4. The van der Waals surface area contributed by atoms with Crippen LogP contribution >= 0.6 is 0 Å². The van der Waals surface area contributed by atoms with Crippen molar-refractivity contribution in [3.8, 4) is 0 Å². The Morgan fingerprint density at radius 2 is 1.47 bits per heavy atom. The van der Waals surface area contributed by atoms with Crippen LogP contribution in [0.1, 0.15) is 47.5 Å².